The first-order valence-corrected chi connectivity index (χ1v) is 12.1. The summed E-state index contributed by atoms with van der Waals surface area (Å²) in [7, 11) is 0. The van der Waals surface area contributed by atoms with Crippen LogP contribution in [0.5, 0.6) is 0 Å². The number of carboxylic acid groups (broad SMARTS) is 1. The van der Waals surface area contributed by atoms with Gasteiger partial charge in [-0.1, -0.05) is 42.5 Å². The van der Waals surface area contributed by atoms with Gasteiger partial charge in [0, 0.05) is 24.2 Å². The molecule has 10 nitrogen and oxygen atoms in total. The molecule has 0 saturated heterocycles. The third kappa shape index (κ3) is 6.67. The first-order chi connectivity index (χ1) is 18.3. The molecule has 0 aliphatic carbocycles. The van der Waals surface area contributed by atoms with Crippen molar-refractivity contribution in [3.63, 3.8) is 0 Å². The van der Waals surface area contributed by atoms with Crippen LogP contribution < -0.4 is 16.6 Å². The number of anilines is 1. The van der Waals surface area contributed by atoms with Crippen molar-refractivity contribution >= 4 is 34.6 Å². The maximum absolute atomic E-state index is 12.8. The van der Waals surface area contributed by atoms with Crippen molar-refractivity contribution in [2.75, 3.05) is 5.73 Å². The van der Waals surface area contributed by atoms with Gasteiger partial charge in [0.25, 0.3) is 11.5 Å². The Hall–Kier alpha value is -4.86. The Morgan fingerprint density at radius 3 is 2.45 bits per heavy atom. The molecule has 2 aromatic heterocycles. The van der Waals surface area contributed by atoms with E-state index in [9.17, 15) is 19.2 Å². The molecule has 1 atom stereocenters. The Morgan fingerprint density at radius 2 is 1.74 bits per heavy atom. The number of ether oxygens (including phenoxy) is 1. The van der Waals surface area contributed by atoms with Crippen molar-refractivity contribution < 1.29 is 24.2 Å². The summed E-state index contributed by atoms with van der Waals surface area (Å²) in [6.07, 6.45) is 2.62. The molecule has 2 aromatic carbocycles. The number of aryl methyl sites for hydroxylation is 2. The Labute approximate surface area is 217 Å². The molecule has 0 fully saturated rings. The largest absolute Gasteiger partial charge is 0.481 e. The van der Waals surface area contributed by atoms with Gasteiger partial charge in [0.2, 0.25) is 0 Å². The van der Waals surface area contributed by atoms with Gasteiger partial charge in [0.1, 0.15) is 18.5 Å². The maximum atomic E-state index is 12.8. The highest BCUT2D eigenvalue weighted by Gasteiger charge is 2.24. The fourth-order valence-corrected chi connectivity index (χ4v) is 4.14. The molecule has 0 spiro atoms. The lowest BCUT2D eigenvalue weighted by Crippen LogP contribution is -2.42. The number of aromatic nitrogens is 2. The molecule has 6 N–H and O–H groups in total. The number of hydrogen-bond acceptors (Lipinski definition) is 6. The van der Waals surface area contributed by atoms with Crippen molar-refractivity contribution in [1.82, 2.24) is 15.3 Å². The number of carbonyl (C=O) groups is 3. The second-order valence-electron chi connectivity index (χ2n) is 8.91. The third-order valence-electron chi connectivity index (χ3n) is 6.14. The van der Waals surface area contributed by atoms with E-state index < -0.39 is 23.9 Å². The van der Waals surface area contributed by atoms with Gasteiger partial charge in [-0.2, -0.15) is 0 Å². The highest BCUT2D eigenvalue weighted by atomic mass is 16.5. The van der Waals surface area contributed by atoms with Crippen molar-refractivity contribution in [3.8, 4) is 0 Å². The molecule has 0 aliphatic rings. The molecule has 1 unspecified atom stereocenters. The monoisotopic (exact) mass is 516 g/mol. The van der Waals surface area contributed by atoms with E-state index >= 15 is 0 Å². The minimum absolute atomic E-state index is 0.0174. The zero-order valence-electron chi connectivity index (χ0n) is 20.5. The maximum Gasteiger partial charge on any atom is 0.328 e. The number of aliphatic carboxylic acids is 1. The minimum atomic E-state index is -1.10. The van der Waals surface area contributed by atoms with Crippen molar-refractivity contribution in [2.45, 2.75) is 38.3 Å². The highest BCUT2D eigenvalue weighted by molar-refractivity contribution is 5.97. The van der Waals surface area contributed by atoms with Gasteiger partial charge in [0.15, 0.2) is 0 Å². The Kier molecular flexibility index (Phi) is 8.22. The lowest BCUT2D eigenvalue weighted by Gasteiger charge is -2.17. The van der Waals surface area contributed by atoms with Gasteiger partial charge in [-0.05, 0) is 48.1 Å². The number of esters is 1. The lowest BCUT2D eigenvalue weighted by molar-refractivity contribution is -0.147. The Morgan fingerprint density at radius 1 is 1.00 bits per heavy atom. The van der Waals surface area contributed by atoms with Gasteiger partial charge in [-0.3, -0.25) is 14.4 Å². The fraction of sp³-hybridized carbons (Fsp3) is 0.214. The van der Waals surface area contributed by atoms with Crippen LogP contribution in [0.2, 0.25) is 0 Å². The summed E-state index contributed by atoms with van der Waals surface area (Å²) in [5.41, 5.74) is 9.03. The number of amides is 1. The van der Waals surface area contributed by atoms with Gasteiger partial charge >= 0.3 is 11.9 Å². The number of hydrogen-bond donors (Lipinski definition) is 5. The third-order valence-corrected chi connectivity index (χ3v) is 6.14. The number of benzene rings is 2. The number of rotatable bonds is 11. The van der Waals surface area contributed by atoms with Crippen LogP contribution in [0.3, 0.4) is 0 Å². The van der Waals surface area contributed by atoms with Crippen molar-refractivity contribution in [3.05, 3.63) is 99.5 Å². The molecule has 10 heteroatoms. The fourth-order valence-electron chi connectivity index (χ4n) is 4.14. The molecule has 196 valence electrons. The zero-order chi connectivity index (χ0) is 27.1. The summed E-state index contributed by atoms with van der Waals surface area (Å²) < 4.78 is 5.31. The number of carboxylic acids is 1. The van der Waals surface area contributed by atoms with Crippen LogP contribution in [0.1, 0.15) is 39.9 Å². The molecular formula is C28H28N4O6. The van der Waals surface area contributed by atoms with E-state index in [0.717, 1.165) is 16.7 Å². The quantitative estimate of drug-likeness (QED) is 0.191. The van der Waals surface area contributed by atoms with E-state index in [4.69, 9.17) is 15.6 Å². The first-order valence-electron chi connectivity index (χ1n) is 12.1. The van der Waals surface area contributed by atoms with Crippen LogP contribution in [0.25, 0.3) is 10.9 Å². The molecule has 4 rings (SSSR count). The SMILES string of the molecule is Nc1cc2[nH]cc(CCc3ccc(C(=O)NC(CCC(=O)O)C(=O)OCc4ccccc4)cc3)c2c(=O)[nH]1. The molecule has 4 aromatic rings. The van der Waals surface area contributed by atoms with Gasteiger partial charge in [0.05, 0.1) is 10.9 Å². The zero-order valence-corrected chi connectivity index (χ0v) is 20.5. The normalized spacial score (nSPS) is 11.7. The summed E-state index contributed by atoms with van der Waals surface area (Å²) in [6, 6.07) is 16.5. The molecule has 2 heterocycles. The van der Waals surface area contributed by atoms with E-state index in [1.807, 2.05) is 18.2 Å². The van der Waals surface area contributed by atoms with E-state index in [0.29, 0.717) is 35.1 Å². The first kappa shape index (κ1) is 26.2. The molecule has 0 radical (unpaired) electrons. The number of nitrogens with one attached hydrogen (secondary N) is 3. The summed E-state index contributed by atoms with van der Waals surface area (Å²) >= 11 is 0. The van der Waals surface area contributed by atoms with Gasteiger partial charge < -0.3 is 30.9 Å². The average molecular weight is 517 g/mol. The summed E-state index contributed by atoms with van der Waals surface area (Å²) in [5.74, 6) is -2.00. The second kappa shape index (κ2) is 11.9. The van der Waals surface area contributed by atoms with Crippen molar-refractivity contribution in [1.29, 1.82) is 0 Å². The van der Waals surface area contributed by atoms with Crippen LogP contribution in [0.4, 0.5) is 5.82 Å². The highest BCUT2D eigenvalue weighted by Crippen LogP contribution is 2.18. The van der Waals surface area contributed by atoms with E-state index in [2.05, 4.69) is 15.3 Å². The molecule has 0 saturated carbocycles. The average Bonchev–Trinajstić information content (AvgIpc) is 3.32. The molecule has 0 bridgehead atoms. The standard InChI is InChI=1S/C28H28N4O6/c29-23-14-22-25(27(36)32-23)20(15-30-22)11-8-17-6-9-19(10-7-17)26(35)31-21(12-13-24(33)34)28(37)38-16-18-4-2-1-3-5-18/h1-7,9-10,14-15,21,30H,8,11-13,16H2,(H,31,35)(H,33,34)(H3,29,32,36). The number of nitrogen functional groups attached to an aromatic ring is 1. The smallest absolute Gasteiger partial charge is 0.328 e. The number of aromatic amines is 2. The van der Waals surface area contributed by atoms with Gasteiger partial charge in [-0.15, -0.1) is 0 Å². The molecule has 1 amide bonds. The van der Waals surface area contributed by atoms with Crippen LogP contribution in [-0.2, 0) is 33.8 Å². The molecule has 0 aliphatic heterocycles. The molecule has 38 heavy (non-hydrogen) atoms. The lowest BCUT2D eigenvalue weighted by atomic mass is 10.0. The number of H-pyrrole nitrogens is 2. The predicted molar refractivity (Wildman–Crippen MR) is 142 cm³/mol. The topological polar surface area (TPSA) is 167 Å². The van der Waals surface area contributed by atoms with E-state index in [1.54, 1.807) is 48.7 Å². The summed E-state index contributed by atoms with van der Waals surface area (Å²) in [4.78, 5) is 54.5. The minimum Gasteiger partial charge on any atom is -0.481 e. The molecular weight excluding hydrogens is 488 g/mol. The van der Waals surface area contributed by atoms with Crippen LogP contribution >= 0.6 is 0 Å². The number of pyridine rings is 1. The van der Waals surface area contributed by atoms with Crippen LogP contribution in [0, 0.1) is 0 Å². The predicted octanol–water partition coefficient (Wildman–Crippen LogP) is 2.93. The van der Waals surface area contributed by atoms with E-state index in [-0.39, 0.29) is 25.0 Å². The second-order valence-corrected chi connectivity index (χ2v) is 8.91. The van der Waals surface area contributed by atoms with Gasteiger partial charge in [-0.25, -0.2) is 4.79 Å². The summed E-state index contributed by atoms with van der Waals surface area (Å²) in [5, 5.41) is 12.2. The Bertz CT molecular complexity index is 1490. The number of fused-ring (bicyclic) bond motifs is 1. The van der Waals surface area contributed by atoms with Crippen LogP contribution in [0.15, 0.2) is 71.7 Å². The van der Waals surface area contributed by atoms with E-state index in [1.165, 1.54) is 0 Å². The number of nitrogens with two attached hydrogens (primary N) is 1. The number of carbonyl (C=O) groups excluding carboxylic acids is 2. The summed E-state index contributed by atoms with van der Waals surface area (Å²) in [6.45, 7) is 0.0174. The Balaban J connectivity index is 1.37. The van der Waals surface area contributed by atoms with Crippen molar-refractivity contribution in [2.24, 2.45) is 0 Å². The van der Waals surface area contributed by atoms with Crippen LogP contribution in [-0.4, -0.2) is 39.0 Å².